The summed E-state index contributed by atoms with van der Waals surface area (Å²) in [4.78, 5) is 12.3. The zero-order valence-electron chi connectivity index (χ0n) is 20.9. The largest absolute Gasteiger partial charge is 0.494 e. The number of hydrogen-bond acceptors (Lipinski definition) is 10. The topological polar surface area (TPSA) is 154 Å². The van der Waals surface area contributed by atoms with Gasteiger partial charge in [0.15, 0.2) is 11.6 Å². The molecule has 0 unspecified atom stereocenters. The van der Waals surface area contributed by atoms with Crippen molar-refractivity contribution < 1.29 is 23.0 Å². The molecule has 4 aromatic rings. The van der Waals surface area contributed by atoms with Crippen LogP contribution in [0.4, 0.5) is 5.95 Å². The Balaban J connectivity index is 1.83. The van der Waals surface area contributed by atoms with Crippen molar-refractivity contribution in [3.63, 3.8) is 0 Å². The van der Waals surface area contributed by atoms with Crippen LogP contribution in [0.2, 0.25) is 0 Å². The molecule has 0 aliphatic carbocycles. The van der Waals surface area contributed by atoms with Crippen LogP contribution in [0.1, 0.15) is 30.0 Å². The number of aryl methyl sites for hydroxylation is 2. The molecule has 3 heterocycles. The Morgan fingerprint density at radius 3 is 2.22 bits per heavy atom. The minimum atomic E-state index is -4.22. The number of nitrogens with one attached hydrogen (secondary N) is 1. The summed E-state index contributed by atoms with van der Waals surface area (Å²) in [5, 5.41) is 17.8. The normalized spacial score (nSPS) is 13.1. The van der Waals surface area contributed by atoms with E-state index in [4.69, 9.17) is 9.47 Å². The van der Waals surface area contributed by atoms with Gasteiger partial charge in [-0.3, -0.25) is 14.3 Å². The molecule has 0 aliphatic heterocycles. The fourth-order valence-electron chi connectivity index (χ4n) is 3.63. The van der Waals surface area contributed by atoms with Gasteiger partial charge in [-0.2, -0.15) is 0 Å². The molecule has 4 rings (SSSR count). The van der Waals surface area contributed by atoms with Crippen LogP contribution in [0.5, 0.6) is 11.5 Å². The summed E-state index contributed by atoms with van der Waals surface area (Å²) in [5.74, 6) is 0.933. The summed E-state index contributed by atoms with van der Waals surface area (Å²) in [5.41, 5.74) is 2.62. The molecule has 194 valence electrons. The maximum absolute atomic E-state index is 13.4. The van der Waals surface area contributed by atoms with Gasteiger partial charge in [-0.1, -0.05) is 6.07 Å². The lowest BCUT2D eigenvalue weighted by Crippen LogP contribution is -2.32. The second-order valence-corrected chi connectivity index (χ2v) is 10.4. The van der Waals surface area contributed by atoms with Crippen molar-refractivity contribution in [1.82, 2.24) is 29.7 Å². The molecule has 0 fully saturated rings. The molecular weight excluding hydrogens is 498 g/mol. The number of aliphatic hydroxyl groups is 1. The van der Waals surface area contributed by atoms with E-state index in [2.05, 4.69) is 29.9 Å². The third-order valence-corrected chi connectivity index (χ3v) is 7.36. The zero-order valence-corrected chi connectivity index (χ0v) is 21.8. The Labute approximate surface area is 214 Å². The van der Waals surface area contributed by atoms with Crippen molar-refractivity contribution in [3.05, 3.63) is 66.0 Å². The number of hydrogen-bond donors (Lipinski definition) is 2. The second-order valence-electron chi connectivity index (χ2n) is 8.36. The van der Waals surface area contributed by atoms with E-state index in [1.165, 1.54) is 38.1 Å². The van der Waals surface area contributed by atoms with Crippen molar-refractivity contribution >= 4 is 16.0 Å². The number of benzene rings is 1. The fraction of sp³-hybridized carbons (Fsp3) is 0.292. The average Bonchev–Trinajstić information content (AvgIpc) is 3.29. The highest BCUT2D eigenvalue weighted by molar-refractivity contribution is 7.93. The Kier molecular flexibility index (Phi) is 7.36. The first-order chi connectivity index (χ1) is 17.7. The molecule has 37 heavy (non-hydrogen) atoms. The molecule has 0 aliphatic rings. The van der Waals surface area contributed by atoms with Gasteiger partial charge >= 0.3 is 0 Å². The maximum Gasteiger partial charge on any atom is 0.243 e. The molecule has 0 radical (unpaired) electrons. The van der Waals surface area contributed by atoms with Crippen LogP contribution in [0.25, 0.3) is 17.1 Å². The van der Waals surface area contributed by atoms with Gasteiger partial charge in [0.05, 0.1) is 14.2 Å². The van der Waals surface area contributed by atoms with Crippen molar-refractivity contribution in [2.45, 2.75) is 32.1 Å². The highest BCUT2D eigenvalue weighted by Crippen LogP contribution is 2.38. The predicted molar refractivity (Wildman–Crippen MR) is 136 cm³/mol. The summed E-state index contributed by atoms with van der Waals surface area (Å²) in [6.45, 7) is 5.02. The number of aromatic nitrogens is 6. The Morgan fingerprint density at radius 1 is 0.973 bits per heavy atom. The molecule has 0 bridgehead atoms. The fourth-order valence-corrected chi connectivity index (χ4v) is 4.67. The van der Waals surface area contributed by atoms with Gasteiger partial charge in [-0.15, -0.1) is 10.2 Å². The molecule has 1 aromatic carbocycles. The van der Waals surface area contributed by atoms with Gasteiger partial charge in [-0.25, -0.2) is 18.4 Å². The number of aliphatic hydroxyl groups excluding tert-OH is 1. The first kappa shape index (κ1) is 26.0. The molecule has 2 atom stereocenters. The van der Waals surface area contributed by atoms with E-state index < -0.39 is 21.4 Å². The van der Waals surface area contributed by atoms with Gasteiger partial charge < -0.3 is 14.6 Å². The third-order valence-electron chi connectivity index (χ3n) is 5.65. The van der Waals surface area contributed by atoms with E-state index in [1.807, 2.05) is 13.0 Å². The summed E-state index contributed by atoms with van der Waals surface area (Å²) < 4.78 is 41.8. The summed E-state index contributed by atoms with van der Waals surface area (Å²) in [6, 6.07) is 6.99. The maximum atomic E-state index is 13.4. The number of nitrogens with zero attached hydrogens (tertiary/aromatic N) is 6. The smallest absolute Gasteiger partial charge is 0.243 e. The van der Waals surface area contributed by atoms with E-state index >= 15 is 0 Å². The van der Waals surface area contributed by atoms with Gasteiger partial charge in [0, 0.05) is 30.4 Å². The Hall–Kier alpha value is -4.10. The lowest BCUT2D eigenvalue weighted by atomic mass is 10.2. The van der Waals surface area contributed by atoms with E-state index in [9.17, 15) is 13.5 Å². The van der Waals surface area contributed by atoms with Crippen LogP contribution in [0.15, 0.2) is 49.1 Å². The van der Waals surface area contributed by atoms with Crippen molar-refractivity contribution in [2.24, 2.45) is 0 Å². The minimum Gasteiger partial charge on any atom is -0.494 e. The first-order valence-corrected chi connectivity index (χ1v) is 12.8. The van der Waals surface area contributed by atoms with Gasteiger partial charge in [0.25, 0.3) is 0 Å². The number of pyridine rings is 1. The van der Waals surface area contributed by atoms with E-state index in [1.54, 1.807) is 37.5 Å². The summed E-state index contributed by atoms with van der Waals surface area (Å²) in [6.07, 6.45) is 4.80. The molecule has 12 nitrogen and oxygen atoms in total. The number of ether oxygens (including phenoxy) is 2. The minimum absolute atomic E-state index is 0.0112. The summed E-state index contributed by atoms with van der Waals surface area (Å²) in [7, 11) is -1.25. The molecule has 2 N–H and O–H groups in total. The number of sulfonamides is 1. The van der Waals surface area contributed by atoms with Crippen LogP contribution in [0.3, 0.4) is 0 Å². The molecule has 13 heteroatoms. The molecule has 0 saturated carbocycles. The van der Waals surface area contributed by atoms with E-state index in [0.29, 0.717) is 28.6 Å². The van der Waals surface area contributed by atoms with Crippen molar-refractivity contribution in [3.8, 4) is 28.6 Å². The number of rotatable bonds is 9. The predicted octanol–water partition coefficient (Wildman–Crippen LogP) is 2.62. The van der Waals surface area contributed by atoms with Gasteiger partial charge in [-0.05, 0) is 50.1 Å². The lowest BCUT2D eigenvalue weighted by Gasteiger charge is -2.21. The van der Waals surface area contributed by atoms with Crippen molar-refractivity contribution in [1.29, 1.82) is 0 Å². The molecular formula is C24H27N7O5S. The molecule has 0 amide bonds. The van der Waals surface area contributed by atoms with Crippen LogP contribution in [0, 0.1) is 13.8 Å². The highest BCUT2D eigenvalue weighted by Gasteiger charge is 2.33. The Morgan fingerprint density at radius 2 is 1.62 bits per heavy atom. The standard InChI is InChI=1S/C24H27N7O5S/c1-14-9-17(13-25-10-14)23-28-29-24(31(23)20-18(35-4)7-6-8-19(20)36-5)30-37(33,34)16(3)21(32)22-26-11-15(2)12-27-22/h6-13,16,21,32H,1-5H3,(H,29,30)/t16-,21-/m0/s1. The first-order valence-electron chi connectivity index (χ1n) is 11.2. The molecule has 0 saturated heterocycles. The number of para-hydroxylation sites is 1. The van der Waals surface area contributed by atoms with Crippen molar-refractivity contribution in [2.75, 3.05) is 18.9 Å². The average molecular weight is 526 g/mol. The lowest BCUT2D eigenvalue weighted by molar-refractivity contribution is 0.166. The van der Waals surface area contributed by atoms with Crippen LogP contribution < -0.4 is 14.2 Å². The van der Waals surface area contributed by atoms with Crippen LogP contribution in [-0.2, 0) is 10.0 Å². The van der Waals surface area contributed by atoms with Gasteiger partial charge in [0.2, 0.25) is 16.0 Å². The quantitative estimate of drug-likeness (QED) is 0.333. The zero-order chi connectivity index (χ0) is 26.7. The van der Waals surface area contributed by atoms with Crippen LogP contribution in [-0.4, -0.2) is 62.7 Å². The number of methoxy groups -OCH3 is 2. The SMILES string of the molecule is COc1cccc(OC)c1-n1c(NS(=O)(=O)[C@@H](C)[C@H](O)c2ncc(C)cn2)nnc1-c1cncc(C)c1. The molecule has 0 spiro atoms. The van der Waals surface area contributed by atoms with E-state index in [0.717, 1.165) is 11.1 Å². The van der Waals surface area contributed by atoms with Gasteiger partial charge in [0.1, 0.15) is 28.5 Å². The number of anilines is 1. The second kappa shape index (κ2) is 10.5. The van der Waals surface area contributed by atoms with E-state index in [-0.39, 0.29) is 11.8 Å². The third kappa shape index (κ3) is 5.22. The monoisotopic (exact) mass is 525 g/mol. The highest BCUT2D eigenvalue weighted by atomic mass is 32.2. The molecule has 3 aromatic heterocycles. The summed E-state index contributed by atoms with van der Waals surface area (Å²) >= 11 is 0. The van der Waals surface area contributed by atoms with Crippen LogP contribution >= 0.6 is 0 Å². The Bertz CT molecular complexity index is 1480.